The first kappa shape index (κ1) is 15.3. The van der Waals surface area contributed by atoms with Crippen LogP contribution in [0.3, 0.4) is 0 Å². The Bertz CT molecular complexity index is 652. The Morgan fingerprint density at radius 2 is 2.10 bits per heavy atom. The van der Waals surface area contributed by atoms with Crippen LogP contribution < -0.4 is 5.32 Å². The fourth-order valence-electron chi connectivity index (χ4n) is 2.05. The minimum atomic E-state index is -0.210. The van der Waals surface area contributed by atoms with Crippen LogP contribution in [0.4, 0.5) is 0 Å². The lowest BCUT2D eigenvalue weighted by molar-refractivity contribution is 0.0939. The number of thiophene rings is 1. The molecule has 0 aliphatic rings. The third kappa shape index (κ3) is 3.94. The van der Waals surface area contributed by atoms with Crippen LogP contribution in [-0.2, 0) is 0 Å². The van der Waals surface area contributed by atoms with Crippen molar-refractivity contribution in [3.8, 4) is 11.8 Å². The molecule has 3 nitrogen and oxygen atoms in total. The molecule has 0 aliphatic heterocycles. The topological polar surface area (TPSA) is 49.3 Å². The Labute approximate surface area is 128 Å². The van der Waals surface area contributed by atoms with Gasteiger partial charge in [0.1, 0.15) is 11.5 Å². The maximum Gasteiger partial charge on any atom is 0.263 e. The summed E-state index contributed by atoms with van der Waals surface area (Å²) in [7, 11) is 0. The molecule has 0 bridgehead atoms. The summed E-state index contributed by atoms with van der Waals surface area (Å²) in [6.45, 7) is 1.83. The van der Waals surface area contributed by atoms with E-state index in [1.54, 1.807) is 6.07 Å². The number of rotatable bonds is 4. The normalized spacial score (nSPS) is 11.3. The van der Waals surface area contributed by atoms with Gasteiger partial charge in [-0.1, -0.05) is 49.1 Å². The average molecular weight is 299 g/mol. The van der Waals surface area contributed by atoms with Crippen LogP contribution in [0.2, 0.25) is 0 Å². The molecule has 0 saturated carbocycles. The SMILES string of the molecule is CCC(NC(=O)c1sccc1C#CCO)c1ccccc1. The van der Waals surface area contributed by atoms with Crippen molar-refractivity contribution in [1.29, 1.82) is 0 Å². The van der Waals surface area contributed by atoms with Gasteiger partial charge in [0.2, 0.25) is 0 Å². The number of amides is 1. The number of aliphatic hydroxyl groups is 1. The van der Waals surface area contributed by atoms with Crippen molar-refractivity contribution in [2.45, 2.75) is 19.4 Å². The van der Waals surface area contributed by atoms with Gasteiger partial charge in [0, 0.05) is 5.56 Å². The van der Waals surface area contributed by atoms with Crippen LogP contribution in [0, 0.1) is 11.8 Å². The quantitative estimate of drug-likeness (QED) is 0.853. The first-order valence-corrected chi connectivity index (χ1v) is 7.67. The molecular formula is C17H17NO2S. The van der Waals surface area contributed by atoms with Gasteiger partial charge in [0.15, 0.2) is 0 Å². The fraction of sp³-hybridized carbons (Fsp3) is 0.235. The van der Waals surface area contributed by atoms with Crippen LogP contribution in [0.5, 0.6) is 0 Å². The molecule has 2 aromatic rings. The summed E-state index contributed by atoms with van der Waals surface area (Å²) in [5, 5.41) is 13.6. The van der Waals surface area contributed by atoms with Gasteiger partial charge in [0.05, 0.1) is 6.04 Å². The Morgan fingerprint density at radius 1 is 1.33 bits per heavy atom. The zero-order valence-electron chi connectivity index (χ0n) is 11.8. The molecule has 0 radical (unpaired) electrons. The largest absolute Gasteiger partial charge is 0.384 e. The molecule has 2 rings (SSSR count). The van der Waals surface area contributed by atoms with Crippen molar-refractivity contribution in [1.82, 2.24) is 5.32 Å². The summed E-state index contributed by atoms with van der Waals surface area (Å²) in [4.78, 5) is 13.0. The number of hydrogen-bond donors (Lipinski definition) is 2. The van der Waals surface area contributed by atoms with E-state index in [1.165, 1.54) is 11.3 Å². The summed E-state index contributed by atoms with van der Waals surface area (Å²) in [5.41, 5.74) is 1.75. The molecule has 1 amide bonds. The third-order valence-corrected chi connectivity index (χ3v) is 4.00. The van der Waals surface area contributed by atoms with Crippen molar-refractivity contribution < 1.29 is 9.90 Å². The summed E-state index contributed by atoms with van der Waals surface area (Å²) in [5.74, 6) is 5.26. The second-order valence-electron chi connectivity index (χ2n) is 4.47. The standard InChI is InChI=1S/C17H17NO2S/c1-2-15(13-7-4-3-5-8-13)18-17(20)16-14(9-6-11-19)10-12-21-16/h3-5,7-8,10,12,15,19H,2,11H2,1H3,(H,18,20). The van der Waals surface area contributed by atoms with Crippen LogP contribution >= 0.6 is 11.3 Å². The number of nitrogens with one attached hydrogen (secondary N) is 1. The second-order valence-corrected chi connectivity index (χ2v) is 5.38. The van der Waals surface area contributed by atoms with Crippen LogP contribution in [-0.4, -0.2) is 17.6 Å². The van der Waals surface area contributed by atoms with E-state index in [9.17, 15) is 4.79 Å². The summed E-state index contributed by atoms with van der Waals surface area (Å²) in [6.07, 6.45) is 0.818. The Balaban J connectivity index is 2.15. The highest BCUT2D eigenvalue weighted by Gasteiger charge is 2.17. The number of carbonyl (C=O) groups excluding carboxylic acids is 1. The van der Waals surface area contributed by atoms with Gasteiger partial charge in [-0.05, 0) is 23.4 Å². The lowest BCUT2D eigenvalue weighted by Crippen LogP contribution is -2.27. The third-order valence-electron chi connectivity index (χ3n) is 3.09. The van der Waals surface area contributed by atoms with Gasteiger partial charge < -0.3 is 10.4 Å². The molecule has 21 heavy (non-hydrogen) atoms. The molecule has 108 valence electrons. The number of benzene rings is 1. The highest BCUT2D eigenvalue weighted by Crippen LogP contribution is 2.20. The van der Waals surface area contributed by atoms with Crippen molar-refractivity contribution >= 4 is 17.2 Å². The lowest BCUT2D eigenvalue weighted by atomic mass is 10.0. The molecule has 4 heteroatoms. The first-order chi connectivity index (χ1) is 10.3. The zero-order chi connectivity index (χ0) is 15.1. The maximum atomic E-state index is 12.4. The van der Waals surface area contributed by atoms with E-state index in [0.717, 1.165) is 12.0 Å². The molecule has 1 aromatic heterocycles. The van der Waals surface area contributed by atoms with Gasteiger partial charge >= 0.3 is 0 Å². The number of carbonyl (C=O) groups is 1. The van der Waals surface area contributed by atoms with Gasteiger partial charge in [-0.3, -0.25) is 4.79 Å². The van der Waals surface area contributed by atoms with Crippen LogP contribution in [0.1, 0.15) is 40.2 Å². The van der Waals surface area contributed by atoms with Crippen molar-refractivity contribution in [3.05, 3.63) is 57.8 Å². The summed E-state index contributed by atoms with van der Waals surface area (Å²) < 4.78 is 0. The summed E-state index contributed by atoms with van der Waals surface area (Å²) in [6, 6.07) is 11.7. The monoisotopic (exact) mass is 299 g/mol. The molecule has 0 fully saturated rings. The van der Waals surface area contributed by atoms with Crippen molar-refractivity contribution in [2.75, 3.05) is 6.61 Å². The van der Waals surface area contributed by atoms with Gasteiger partial charge in [-0.15, -0.1) is 11.3 Å². The molecule has 1 aromatic carbocycles. The summed E-state index contributed by atoms with van der Waals surface area (Å²) >= 11 is 1.36. The van der Waals surface area contributed by atoms with Crippen molar-refractivity contribution in [3.63, 3.8) is 0 Å². The highest BCUT2D eigenvalue weighted by molar-refractivity contribution is 7.12. The molecule has 1 atom stereocenters. The minimum Gasteiger partial charge on any atom is -0.384 e. The van der Waals surface area contributed by atoms with E-state index in [0.29, 0.717) is 10.4 Å². The van der Waals surface area contributed by atoms with Crippen LogP contribution in [0.15, 0.2) is 41.8 Å². The first-order valence-electron chi connectivity index (χ1n) is 6.79. The zero-order valence-corrected chi connectivity index (χ0v) is 12.6. The van der Waals surface area contributed by atoms with E-state index in [1.807, 2.05) is 42.6 Å². The Morgan fingerprint density at radius 3 is 2.76 bits per heavy atom. The molecule has 0 aliphatic carbocycles. The minimum absolute atomic E-state index is 0.0144. The van der Waals surface area contributed by atoms with E-state index in [-0.39, 0.29) is 18.6 Å². The van der Waals surface area contributed by atoms with E-state index >= 15 is 0 Å². The average Bonchev–Trinajstić information content (AvgIpc) is 2.99. The molecule has 0 spiro atoms. The molecular weight excluding hydrogens is 282 g/mol. The van der Waals surface area contributed by atoms with Crippen molar-refractivity contribution in [2.24, 2.45) is 0 Å². The fourth-order valence-corrected chi connectivity index (χ4v) is 2.80. The van der Waals surface area contributed by atoms with Crippen LogP contribution in [0.25, 0.3) is 0 Å². The van der Waals surface area contributed by atoms with Gasteiger partial charge in [0.25, 0.3) is 5.91 Å². The van der Waals surface area contributed by atoms with E-state index in [2.05, 4.69) is 17.2 Å². The van der Waals surface area contributed by atoms with Gasteiger partial charge in [-0.2, -0.15) is 0 Å². The predicted molar refractivity (Wildman–Crippen MR) is 85.2 cm³/mol. The Hall–Kier alpha value is -2.09. The number of hydrogen-bond acceptors (Lipinski definition) is 3. The number of aliphatic hydroxyl groups excluding tert-OH is 1. The second kappa shape index (κ2) is 7.63. The molecule has 1 heterocycles. The molecule has 2 N–H and O–H groups in total. The molecule has 1 unspecified atom stereocenters. The molecule has 0 saturated heterocycles. The lowest BCUT2D eigenvalue weighted by Gasteiger charge is -2.17. The van der Waals surface area contributed by atoms with E-state index < -0.39 is 0 Å². The smallest absolute Gasteiger partial charge is 0.263 e. The maximum absolute atomic E-state index is 12.4. The van der Waals surface area contributed by atoms with E-state index in [4.69, 9.17) is 5.11 Å². The predicted octanol–water partition coefficient (Wildman–Crippen LogP) is 2.97. The highest BCUT2D eigenvalue weighted by atomic mass is 32.1. The Kier molecular flexibility index (Phi) is 5.56. The van der Waals surface area contributed by atoms with Gasteiger partial charge in [-0.25, -0.2) is 0 Å².